The summed E-state index contributed by atoms with van der Waals surface area (Å²) >= 11 is 0. The highest BCUT2D eigenvalue weighted by Crippen LogP contribution is 2.33. The van der Waals surface area contributed by atoms with E-state index in [1.807, 2.05) is 30.3 Å². The Hall–Kier alpha value is -2.58. The van der Waals surface area contributed by atoms with Crippen molar-refractivity contribution >= 4 is 18.6 Å². The van der Waals surface area contributed by atoms with Gasteiger partial charge in [0, 0.05) is 18.7 Å². The predicted octanol–water partition coefficient (Wildman–Crippen LogP) is 2.51. The molecule has 2 aromatic carbocycles. The van der Waals surface area contributed by atoms with Crippen LogP contribution in [0.3, 0.4) is 0 Å². The van der Waals surface area contributed by atoms with E-state index in [9.17, 15) is 28.0 Å². The van der Waals surface area contributed by atoms with Gasteiger partial charge in [0.15, 0.2) is 0 Å². The van der Waals surface area contributed by atoms with Gasteiger partial charge < -0.3 is 14.9 Å². The first kappa shape index (κ1) is 18.2. The van der Waals surface area contributed by atoms with Crippen molar-refractivity contribution in [2.45, 2.75) is 12.7 Å². The second-order valence-electron chi connectivity index (χ2n) is 6.00. The van der Waals surface area contributed by atoms with Crippen LogP contribution in [-0.2, 0) is 17.5 Å². The molecule has 3 rings (SSSR count). The van der Waals surface area contributed by atoms with E-state index in [4.69, 9.17) is 0 Å². The Balaban J connectivity index is 1.90. The molecule has 0 aromatic heterocycles. The molecule has 134 valence electrons. The molecule has 0 saturated heterocycles. The Morgan fingerprint density at radius 2 is 1.62 bits per heavy atom. The molecule has 1 amide bonds. The van der Waals surface area contributed by atoms with Crippen LogP contribution in [0.25, 0.3) is 5.57 Å². The average Bonchev–Trinajstić information content (AvgIpc) is 2.92. The van der Waals surface area contributed by atoms with Crippen LogP contribution < -0.4 is 0 Å². The van der Waals surface area contributed by atoms with Crippen molar-refractivity contribution in [3.8, 4) is 0 Å². The number of carbonyl (C=O) groups excluding carboxylic acids is 1. The molecule has 0 aliphatic carbocycles. The summed E-state index contributed by atoms with van der Waals surface area (Å²) in [4.78, 5) is 14.2. The van der Waals surface area contributed by atoms with Gasteiger partial charge in [-0.1, -0.05) is 42.5 Å². The molecular weight excluding hydrogens is 346 g/mol. The summed E-state index contributed by atoms with van der Waals surface area (Å²) < 4.78 is 38.1. The third-order valence-electron chi connectivity index (χ3n) is 4.21. The highest BCUT2D eigenvalue weighted by molar-refractivity contribution is 6.56. The number of hydrogen-bond donors (Lipinski definition) is 2. The number of nitrogens with zero attached hydrogens (tertiary/aromatic N) is 1. The van der Waals surface area contributed by atoms with Crippen LogP contribution >= 0.6 is 0 Å². The number of rotatable bonds is 4. The fourth-order valence-electron chi connectivity index (χ4n) is 2.93. The lowest BCUT2D eigenvalue weighted by molar-refractivity contribution is -0.137. The Bertz CT molecular complexity index is 833. The standard InChI is InChI=1S/C18H15BF3NO3/c20-18(21,22)14-8-6-13(7-9-14)16-15(19(25)26)11-23(17(16)24)10-12-4-2-1-3-5-12/h1-9,25-26H,10-11H2. The SMILES string of the molecule is O=C1C(c2ccc(C(F)(F)F)cc2)=C(B(O)O)CN1Cc1ccccc1. The van der Waals surface area contributed by atoms with Gasteiger partial charge in [0.2, 0.25) is 0 Å². The average molecular weight is 361 g/mol. The highest BCUT2D eigenvalue weighted by Gasteiger charge is 2.37. The van der Waals surface area contributed by atoms with Crippen LogP contribution in [0.2, 0.25) is 0 Å². The van der Waals surface area contributed by atoms with Crippen LogP contribution in [-0.4, -0.2) is 34.5 Å². The Kier molecular flexibility index (Phi) is 4.89. The van der Waals surface area contributed by atoms with Crippen molar-refractivity contribution in [2.75, 3.05) is 6.54 Å². The van der Waals surface area contributed by atoms with E-state index in [1.54, 1.807) is 0 Å². The normalized spacial score (nSPS) is 15.0. The maximum absolute atomic E-state index is 12.7. The minimum absolute atomic E-state index is 0.00174. The minimum Gasteiger partial charge on any atom is -0.423 e. The molecule has 1 heterocycles. The summed E-state index contributed by atoms with van der Waals surface area (Å²) in [5.74, 6) is -0.447. The zero-order chi connectivity index (χ0) is 18.9. The molecule has 0 saturated carbocycles. The van der Waals surface area contributed by atoms with Crippen molar-refractivity contribution in [3.63, 3.8) is 0 Å². The summed E-state index contributed by atoms with van der Waals surface area (Å²) in [5.41, 5.74) is 0.359. The first-order chi connectivity index (χ1) is 12.3. The second kappa shape index (κ2) is 6.97. The molecular formula is C18H15BF3NO3. The van der Waals surface area contributed by atoms with Crippen molar-refractivity contribution in [1.82, 2.24) is 4.90 Å². The molecule has 1 aliphatic rings. The molecule has 1 aliphatic heterocycles. The fourth-order valence-corrected chi connectivity index (χ4v) is 2.93. The quantitative estimate of drug-likeness (QED) is 0.823. The second-order valence-corrected chi connectivity index (χ2v) is 6.00. The Morgan fingerprint density at radius 1 is 1.00 bits per heavy atom. The minimum atomic E-state index is -4.48. The summed E-state index contributed by atoms with van der Waals surface area (Å²) in [5, 5.41) is 19.2. The van der Waals surface area contributed by atoms with Crippen LogP contribution in [0, 0.1) is 0 Å². The van der Waals surface area contributed by atoms with E-state index in [2.05, 4.69) is 0 Å². The van der Waals surface area contributed by atoms with Gasteiger partial charge in [-0.15, -0.1) is 0 Å². The lowest BCUT2D eigenvalue weighted by Gasteiger charge is -2.17. The number of alkyl halides is 3. The molecule has 0 radical (unpaired) electrons. The van der Waals surface area contributed by atoms with Gasteiger partial charge in [-0.3, -0.25) is 4.79 Å². The fraction of sp³-hybridized carbons (Fsp3) is 0.167. The van der Waals surface area contributed by atoms with Gasteiger partial charge in [0.05, 0.1) is 5.56 Å². The van der Waals surface area contributed by atoms with Crippen LogP contribution in [0.1, 0.15) is 16.7 Å². The Morgan fingerprint density at radius 3 is 2.15 bits per heavy atom. The molecule has 8 heteroatoms. The predicted molar refractivity (Wildman–Crippen MR) is 90.4 cm³/mol. The smallest absolute Gasteiger partial charge is 0.423 e. The van der Waals surface area contributed by atoms with E-state index >= 15 is 0 Å². The van der Waals surface area contributed by atoms with Crippen molar-refractivity contribution in [3.05, 3.63) is 76.8 Å². The van der Waals surface area contributed by atoms with Gasteiger partial charge in [0.25, 0.3) is 5.91 Å². The number of halogens is 3. The zero-order valence-electron chi connectivity index (χ0n) is 13.6. The zero-order valence-corrected chi connectivity index (χ0v) is 13.6. The summed E-state index contributed by atoms with van der Waals surface area (Å²) in [6.07, 6.45) is -4.48. The van der Waals surface area contributed by atoms with E-state index in [0.29, 0.717) is 0 Å². The van der Waals surface area contributed by atoms with Gasteiger partial charge in [-0.2, -0.15) is 13.2 Å². The van der Waals surface area contributed by atoms with Crippen LogP contribution in [0.15, 0.2) is 60.1 Å². The number of hydrogen-bond acceptors (Lipinski definition) is 3. The number of carbonyl (C=O) groups is 1. The van der Waals surface area contributed by atoms with Gasteiger partial charge in [0.1, 0.15) is 0 Å². The molecule has 4 nitrogen and oxygen atoms in total. The summed E-state index contributed by atoms with van der Waals surface area (Å²) in [6, 6.07) is 13.2. The third kappa shape index (κ3) is 3.66. The van der Waals surface area contributed by atoms with E-state index in [-0.39, 0.29) is 29.7 Å². The summed E-state index contributed by atoms with van der Waals surface area (Å²) in [7, 11) is -1.86. The third-order valence-corrected chi connectivity index (χ3v) is 4.21. The van der Waals surface area contributed by atoms with E-state index < -0.39 is 24.8 Å². The summed E-state index contributed by atoms with van der Waals surface area (Å²) in [6.45, 7) is 0.266. The number of benzene rings is 2. The van der Waals surface area contributed by atoms with Crippen molar-refractivity contribution < 1.29 is 28.0 Å². The molecule has 2 N–H and O–H groups in total. The molecule has 26 heavy (non-hydrogen) atoms. The maximum Gasteiger partial charge on any atom is 0.486 e. The largest absolute Gasteiger partial charge is 0.486 e. The monoisotopic (exact) mass is 361 g/mol. The molecule has 0 spiro atoms. The number of amides is 1. The lowest BCUT2D eigenvalue weighted by atomic mass is 9.76. The lowest BCUT2D eigenvalue weighted by Crippen LogP contribution is -2.28. The molecule has 0 fully saturated rings. The van der Waals surface area contributed by atoms with Crippen molar-refractivity contribution in [2.24, 2.45) is 0 Å². The van der Waals surface area contributed by atoms with Crippen LogP contribution in [0.4, 0.5) is 13.2 Å². The molecule has 0 atom stereocenters. The van der Waals surface area contributed by atoms with E-state index in [1.165, 1.54) is 17.0 Å². The molecule has 0 unspecified atom stereocenters. The highest BCUT2D eigenvalue weighted by atomic mass is 19.4. The van der Waals surface area contributed by atoms with Gasteiger partial charge >= 0.3 is 13.3 Å². The molecule has 2 aromatic rings. The first-order valence-electron chi connectivity index (χ1n) is 7.87. The topological polar surface area (TPSA) is 60.8 Å². The Labute approximate surface area is 148 Å². The van der Waals surface area contributed by atoms with E-state index in [0.717, 1.165) is 17.7 Å². The van der Waals surface area contributed by atoms with Gasteiger partial charge in [-0.05, 0) is 28.7 Å². The van der Waals surface area contributed by atoms with Crippen LogP contribution in [0.5, 0.6) is 0 Å². The maximum atomic E-state index is 12.7. The van der Waals surface area contributed by atoms with Gasteiger partial charge in [-0.25, -0.2) is 0 Å². The molecule has 0 bridgehead atoms. The first-order valence-corrected chi connectivity index (χ1v) is 7.87. The van der Waals surface area contributed by atoms with Crippen molar-refractivity contribution in [1.29, 1.82) is 0 Å².